The van der Waals surface area contributed by atoms with Crippen LogP contribution in [0.25, 0.3) is 0 Å². The van der Waals surface area contributed by atoms with Gasteiger partial charge in [0.25, 0.3) is 0 Å². The van der Waals surface area contributed by atoms with Crippen molar-refractivity contribution in [1.29, 1.82) is 0 Å². The number of hydrogen-bond acceptors (Lipinski definition) is 1. The molecule has 1 aliphatic rings. The van der Waals surface area contributed by atoms with Crippen LogP contribution in [0.5, 0.6) is 0 Å². The summed E-state index contributed by atoms with van der Waals surface area (Å²) < 4.78 is 27.2. The highest BCUT2D eigenvalue weighted by Gasteiger charge is 2.38. The van der Waals surface area contributed by atoms with Gasteiger partial charge in [-0.1, -0.05) is 25.8 Å². The minimum absolute atomic E-state index is 0.0995. The topological polar surface area (TPSA) is 17.1 Å². The maximum Gasteiger partial charge on any atom is 0.171 e. The molecule has 1 aromatic rings. The van der Waals surface area contributed by atoms with E-state index in [1.807, 2.05) is 6.92 Å². The summed E-state index contributed by atoms with van der Waals surface area (Å²) >= 11 is 0. The summed E-state index contributed by atoms with van der Waals surface area (Å²) in [6.45, 7) is 3.34. The summed E-state index contributed by atoms with van der Waals surface area (Å²) in [6, 6.07) is 2.86. The first-order valence-electron chi connectivity index (χ1n) is 5.95. The molecule has 1 saturated carbocycles. The van der Waals surface area contributed by atoms with Crippen molar-refractivity contribution in [3.63, 3.8) is 0 Å². The Bertz CT molecular complexity index is 460. The molecule has 1 aliphatic carbocycles. The Hall–Kier alpha value is -1.25. The third-order valence-electron chi connectivity index (χ3n) is 3.78. The van der Waals surface area contributed by atoms with E-state index in [2.05, 4.69) is 0 Å². The molecular formula is C14H16F2O. The first-order chi connectivity index (χ1) is 7.96. The predicted octanol–water partition coefficient (Wildman–Crippen LogP) is 4.04. The van der Waals surface area contributed by atoms with Gasteiger partial charge >= 0.3 is 0 Å². The van der Waals surface area contributed by atoms with Crippen LogP contribution >= 0.6 is 0 Å². The molecule has 1 aromatic carbocycles. The smallest absolute Gasteiger partial charge is 0.171 e. The van der Waals surface area contributed by atoms with E-state index < -0.39 is 17.0 Å². The summed E-state index contributed by atoms with van der Waals surface area (Å²) in [7, 11) is 0. The van der Waals surface area contributed by atoms with Gasteiger partial charge in [0.2, 0.25) is 0 Å². The Morgan fingerprint density at radius 1 is 1.18 bits per heavy atom. The number of carbonyl (C=O) groups excluding carboxylic acids is 1. The number of hydrogen-bond donors (Lipinski definition) is 0. The number of ketones is 1. The Labute approximate surface area is 99.8 Å². The number of carbonyl (C=O) groups is 1. The molecule has 1 fully saturated rings. The normalized spacial score (nSPS) is 18.4. The highest BCUT2D eigenvalue weighted by Crippen LogP contribution is 2.40. The zero-order chi connectivity index (χ0) is 12.6. The summed E-state index contributed by atoms with van der Waals surface area (Å²) in [5.74, 6) is -2.16. The van der Waals surface area contributed by atoms with Crippen molar-refractivity contribution < 1.29 is 13.6 Å². The second-order valence-electron chi connectivity index (χ2n) is 5.15. The molecule has 3 heteroatoms. The summed E-state index contributed by atoms with van der Waals surface area (Å²) in [5, 5.41) is 0. The highest BCUT2D eigenvalue weighted by atomic mass is 19.2. The van der Waals surface area contributed by atoms with E-state index in [1.54, 1.807) is 0 Å². The fourth-order valence-corrected chi connectivity index (χ4v) is 2.53. The van der Waals surface area contributed by atoms with Gasteiger partial charge in [0, 0.05) is 5.41 Å². The molecule has 0 radical (unpaired) electrons. The molecule has 0 aromatic heterocycles. The molecule has 0 aliphatic heterocycles. The molecule has 0 unspecified atom stereocenters. The average molecular weight is 238 g/mol. The second-order valence-corrected chi connectivity index (χ2v) is 5.15. The molecular weight excluding hydrogens is 222 g/mol. The molecule has 92 valence electrons. The van der Waals surface area contributed by atoms with Crippen LogP contribution in [0.15, 0.2) is 12.1 Å². The predicted molar refractivity (Wildman–Crippen MR) is 62.0 cm³/mol. The number of Topliss-reactive ketones (excluding diaryl/α,β-unsaturated/α-hetero) is 1. The monoisotopic (exact) mass is 238 g/mol. The van der Waals surface area contributed by atoms with E-state index in [1.165, 1.54) is 19.1 Å². The van der Waals surface area contributed by atoms with Gasteiger partial charge in [-0.25, -0.2) is 8.78 Å². The molecule has 0 atom stereocenters. The van der Waals surface area contributed by atoms with Crippen molar-refractivity contribution in [3.8, 4) is 0 Å². The van der Waals surface area contributed by atoms with Gasteiger partial charge in [0.15, 0.2) is 17.4 Å². The standard InChI is InChI=1S/C14H16F2O/c1-9-5-6-10(12(16)11(9)15)13(17)14(2)7-3-4-8-14/h5-6H,3-4,7-8H2,1-2H3. The lowest BCUT2D eigenvalue weighted by Gasteiger charge is -2.22. The Morgan fingerprint density at radius 3 is 2.35 bits per heavy atom. The van der Waals surface area contributed by atoms with Crippen molar-refractivity contribution in [2.24, 2.45) is 5.41 Å². The van der Waals surface area contributed by atoms with E-state index in [0.29, 0.717) is 0 Å². The minimum Gasteiger partial charge on any atom is -0.293 e. The van der Waals surface area contributed by atoms with E-state index >= 15 is 0 Å². The molecule has 2 rings (SSSR count). The van der Waals surface area contributed by atoms with Crippen LogP contribution < -0.4 is 0 Å². The molecule has 0 heterocycles. The number of aryl methyl sites for hydroxylation is 1. The Morgan fingerprint density at radius 2 is 1.76 bits per heavy atom. The quantitative estimate of drug-likeness (QED) is 0.711. The van der Waals surface area contributed by atoms with Gasteiger partial charge in [-0.3, -0.25) is 4.79 Å². The van der Waals surface area contributed by atoms with E-state index in [9.17, 15) is 13.6 Å². The first-order valence-corrected chi connectivity index (χ1v) is 5.95. The van der Waals surface area contributed by atoms with E-state index in [-0.39, 0.29) is 16.9 Å². The van der Waals surface area contributed by atoms with Gasteiger partial charge in [-0.15, -0.1) is 0 Å². The maximum atomic E-state index is 13.7. The van der Waals surface area contributed by atoms with Gasteiger partial charge in [-0.05, 0) is 31.4 Å². The van der Waals surface area contributed by atoms with Crippen molar-refractivity contribution in [3.05, 3.63) is 34.9 Å². The lowest BCUT2D eigenvalue weighted by molar-refractivity contribution is 0.0818. The van der Waals surface area contributed by atoms with Gasteiger partial charge in [-0.2, -0.15) is 0 Å². The van der Waals surface area contributed by atoms with Crippen LogP contribution in [0.1, 0.15) is 48.5 Å². The van der Waals surface area contributed by atoms with Crippen LogP contribution in [0, 0.1) is 24.0 Å². The van der Waals surface area contributed by atoms with Crippen LogP contribution in [0.3, 0.4) is 0 Å². The molecule has 0 amide bonds. The Balaban J connectivity index is 2.41. The lowest BCUT2D eigenvalue weighted by atomic mass is 9.80. The number of halogens is 2. The SMILES string of the molecule is Cc1ccc(C(=O)C2(C)CCCC2)c(F)c1F. The number of benzene rings is 1. The lowest BCUT2D eigenvalue weighted by Crippen LogP contribution is -2.25. The second kappa shape index (κ2) is 4.21. The summed E-state index contributed by atoms with van der Waals surface area (Å²) in [6.07, 6.45) is 3.50. The fraction of sp³-hybridized carbons (Fsp3) is 0.500. The van der Waals surface area contributed by atoms with E-state index in [4.69, 9.17) is 0 Å². The van der Waals surface area contributed by atoms with Gasteiger partial charge in [0.1, 0.15) is 0 Å². The van der Waals surface area contributed by atoms with Crippen molar-refractivity contribution in [1.82, 2.24) is 0 Å². The van der Waals surface area contributed by atoms with Crippen molar-refractivity contribution in [2.75, 3.05) is 0 Å². The van der Waals surface area contributed by atoms with Crippen molar-refractivity contribution >= 4 is 5.78 Å². The molecule has 0 bridgehead atoms. The molecule has 0 spiro atoms. The number of rotatable bonds is 2. The zero-order valence-electron chi connectivity index (χ0n) is 10.1. The molecule has 1 nitrogen and oxygen atoms in total. The van der Waals surface area contributed by atoms with E-state index in [0.717, 1.165) is 25.7 Å². The van der Waals surface area contributed by atoms with Crippen molar-refractivity contribution in [2.45, 2.75) is 39.5 Å². The highest BCUT2D eigenvalue weighted by molar-refractivity contribution is 6.00. The van der Waals surface area contributed by atoms with Gasteiger partial charge < -0.3 is 0 Å². The van der Waals surface area contributed by atoms with Gasteiger partial charge in [0.05, 0.1) is 5.56 Å². The van der Waals surface area contributed by atoms with Crippen LogP contribution in [-0.2, 0) is 0 Å². The third kappa shape index (κ3) is 1.99. The minimum atomic E-state index is -0.997. The zero-order valence-corrected chi connectivity index (χ0v) is 10.1. The molecule has 17 heavy (non-hydrogen) atoms. The summed E-state index contributed by atoms with van der Waals surface area (Å²) in [5.41, 5.74) is -0.379. The molecule has 0 N–H and O–H groups in total. The average Bonchev–Trinajstić information content (AvgIpc) is 2.74. The van der Waals surface area contributed by atoms with Crippen LogP contribution in [0.4, 0.5) is 8.78 Å². The first kappa shape index (κ1) is 12.2. The van der Waals surface area contributed by atoms with Crippen LogP contribution in [0.2, 0.25) is 0 Å². The molecule has 0 saturated heterocycles. The fourth-order valence-electron chi connectivity index (χ4n) is 2.53. The van der Waals surface area contributed by atoms with Crippen LogP contribution in [-0.4, -0.2) is 5.78 Å². The summed E-state index contributed by atoms with van der Waals surface area (Å²) in [4.78, 5) is 12.2. The largest absolute Gasteiger partial charge is 0.293 e. The maximum absolute atomic E-state index is 13.7. The third-order valence-corrected chi connectivity index (χ3v) is 3.78. The Kier molecular flexibility index (Phi) is 3.02.